The number of nitrogens with two attached hydrogens (primary N) is 3. The lowest BCUT2D eigenvalue weighted by Gasteiger charge is -2.36. The first kappa shape index (κ1) is 105. The van der Waals surface area contributed by atoms with Crippen LogP contribution in [0.1, 0.15) is 160 Å². The van der Waals surface area contributed by atoms with E-state index in [4.69, 9.17) is 17.2 Å². The summed E-state index contributed by atoms with van der Waals surface area (Å²) in [6.45, 7) is 10.8. The second-order valence-corrected chi connectivity index (χ2v) is 37.9. The van der Waals surface area contributed by atoms with Crippen LogP contribution in [-0.4, -0.2) is 294 Å². The maximum absolute atomic E-state index is 15.9. The third-order valence-electron chi connectivity index (χ3n) is 25.6. The highest BCUT2D eigenvalue weighted by Gasteiger charge is 2.52. The van der Waals surface area contributed by atoms with E-state index in [1.165, 1.54) is 62.1 Å². The molecule has 6 aromatic rings. The van der Waals surface area contributed by atoms with E-state index in [1.54, 1.807) is 101 Å². The van der Waals surface area contributed by atoms with Crippen molar-refractivity contribution in [1.82, 2.24) is 87.6 Å². The number of carbonyl (C=O) groups is 17. The van der Waals surface area contributed by atoms with E-state index in [9.17, 15) is 43.8 Å². The van der Waals surface area contributed by atoms with Crippen LogP contribution in [0.15, 0.2) is 109 Å². The van der Waals surface area contributed by atoms with Gasteiger partial charge in [0.1, 0.15) is 89.8 Å². The van der Waals surface area contributed by atoms with Crippen LogP contribution in [0, 0.1) is 11.8 Å². The second kappa shape index (κ2) is 48.5. The Morgan fingerprint density at radius 3 is 1.65 bits per heavy atom. The highest BCUT2D eigenvalue weighted by Crippen LogP contribution is 2.34. The van der Waals surface area contributed by atoms with Crippen molar-refractivity contribution < 1.29 is 91.7 Å². The first-order chi connectivity index (χ1) is 64.7. The number of primary amides is 2. The second-order valence-electron chi connectivity index (χ2n) is 36.8. The molecule has 0 radical (unpaired) electrons. The van der Waals surface area contributed by atoms with E-state index in [-0.39, 0.29) is 120 Å². The minimum Gasteiger partial charge on any atom is -0.508 e. The molecule has 5 heterocycles. The number of phenols is 1. The van der Waals surface area contributed by atoms with E-state index in [1.807, 2.05) is 26.0 Å². The van der Waals surface area contributed by atoms with E-state index < -0.39 is 216 Å². The molecule has 4 aromatic carbocycles. The Morgan fingerprint density at radius 1 is 0.529 bits per heavy atom. The van der Waals surface area contributed by atoms with Gasteiger partial charge in [0.25, 0.3) is 0 Å². The average molecular weight is 1900 g/mol. The van der Waals surface area contributed by atoms with Crippen molar-refractivity contribution >= 4 is 134 Å². The van der Waals surface area contributed by atoms with Crippen LogP contribution in [0.5, 0.6) is 5.75 Å². The van der Waals surface area contributed by atoms with Crippen molar-refractivity contribution in [3.63, 3.8) is 0 Å². The summed E-state index contributed by atoms with van der Waals surface area (Å²) in [6, 6.07) is 7.82. The highest BCUT2D eigenvalue weighted by molar-refractivity contribution is 8.00. The topological polar surface area (TPSA) is 577 Å². The largest absolute Gasteiger partial charge is 0.508 e. The molecule has 3 aliphatic heterocycles. The van der Waals surface area contributed by atoms with Gasteiger partial charge in [-0.25, -0.2) is 0 Å². The third kappa shape index (κ3) is 27.2. The molecule has 0 bridgehead atoms. The number of aromatic nitrogens is 2. The van der Waals surface area contributed by atoms with Crippen LogP contribution in [0.3, 0.4) is 0 Å². The molecule has 136 heavy (non-hydrogen) atoms. The zero-order valence-electron chi connectivity index (χ0n) is 78.8. The molecule has 2 aromatic heterocycles. The smallest absolute Gasteiger partial charge is 0.247 e. The molecule has 0 saturated carbocycles. The quantitative estimate of drug-likeness (QED) is 0.0413. The summed E-state index contributed by atoms with van der Waals surface area (Å²) in [5.41, 5.74) is 19.8. The van der Waals surface area contributed by atoms with Gasteiger partial charge in [0.05, 0.1) is 24.8 Å². The minimum absolute atomic E-state index is 0.0160. The van der Waals surface area contributed by atoms with E-state index in [2.05, 4.69) is 63.1 Å². The number of para-hydroxylation sites is 2. The number of unbranched alkanes of at least 4 members (excludes halogenated alkanes) is 2. The van der Waals surface area contributed by atoms with Crippen LogP contribution >= 0.6 is 11.8 Å². The molecule has 1 spiro atoms. The molecule has 0 unspecified atom stereocenters. The summed E-state index contributed by atoms with van der Waals surface area (Å²) in [7, 11) is 4.05. The van der Waals surface area contributed by atoms with Crippen molar-refractivity contribution in [1.29, 1.82) is 0 Å². The number of carbonyl (C=O) groups excluding carboxylic acids is 17. The maximum Gasteiger partial charge on any atom is 0.247 e. The highest BCUT2D eigenvalue weighted by atomic mass is 32.2. The predicted octanol–water partition coefficient (Wildman–Crippen LogP) is 0.414. The van der Waals surface area contributed by atoms with Crippen molar-refractivity contribution in [2.24, 2.45) is 29.0 Å². The fourth-order valence-electron chi connectivity index (χ4n) is 18.1. The number of likely N-dealkylation sites (N-methyl/N-ethyl adjacent to an activating group) is 3. The molecule has 3 saturated heterocycles. The number of aromatic hydroxyl groups is 1. The predicted molar refractivity (Wildman–Crippen MR) is 507 cm³/mol. The minimum atomic E-state index is -1.88. The van der Waals surface area contributed by atoms with Crippen LogP contribution in [0.4, 0.5) is 0 Å². The number of hydrogen-bond acceptors (Lipinski definition) is 21. The lowest BCUT2D eigenvalue weighted by molar-refractivity contribution is -0.149. The van der Waals surface area contributed by atoms with Gasteiger partial charge in [-0.05, 0) is 122 Å². The molecule has 10 rings (SSSR count). The van der Waals surface area contributed by atoms with Crippen LogP contribution in [0.2, 0.25) is 0 Å². The Hall–Kier alpha value is -13.0. The number of aliphatic hydroxyl groups is 1. The zero-order valence-corrected chi connectivity index (χ0v) is 79.6. The number of aliphatic hydroxyl groups excluding tert-OH is 1. The molecule has 39 nitrogen and oxygen atoms in total. The number of H-pyrrole nitrogens is 2. The number of rotatable bonds is 23. The van der Waals surface area contributed by atoms with Crippen LogP contribution in [-0.2, 0) is 114 Å². The number of aromatic amines is 2. The standard InChI is InChI=1S/C96H132N20O19S/c1-11-13-28-75-87(127)105-68(38-53(3)4)85(125)109-74(83(123)102-49-80(99)120)51-136-52-81(121)103-71(40-56-31-33-61(117)34-32-56)90(130)112(8)55(7)82(122)107-73(44-79(98)119)92(132)115-37-21-30-76(115)89(129)111-96(45-57-22-15-16-23-58(57)46-96)95(135)110-70(39-54(5)6)93(133)116-50-62(118)43-78(116)88(128)106-69(41-59-47-100-65-26-19-17-24-63(59)65)86(126)104-67(35-36-97)84(124)108-72(42-60-48-101-66-27-20-18-25-64(60)66)91(131)114(10)77(29-14-12-2)94(134)113(75)9/h15-20,22-27,31-34,47-48,53-55,62,67-78,100-101,117-118H,11-14,21,28-30,35-46,49-52,97H2,1-10H3,(H2,98,119)(H2,99,120)(H,102,123)(H,103,121)(H,104,126)(H,105,127)(H,106,128)(H,107,122)(H,108,124)(H,109,125)(H,110,135)(H,111,129)/t55-,62+,67-,68-,69-,70-,71-,72-,73-,74-,75-,76-,77-,78-/m0/s1. The molecule has 3 fully saturated rings. The SMILES string of the molecule is CCCC[C@H]1C(=O)N(C)[C@@H](CCCC)C(=O)N[C@@H](CC(C)C)C(=O)N[C@H](C(=O)NCC(N)=O)CSCC(=O)N[C@@H](Cc2ccc(O)cc2)C(=O)N(C)[C@@H](C)C(=O)N[C@@H](CC(N)=O)C(=O)N2CCC[C@H]2C(=O)NC2(Cc3ccccc3C2)C(=O)N[C@@H](CC(C)C)C(=O)N2C[C@H](O)C[C@H]2C(=O)N[C@@H](Cc2c[nH]c3ccccc23)C(=O)N[C@@H](CCN)C(=O)N[C@@H](Cc2c[nH]c3ccccc23)C(=O)N1C. The van der Waals surface area contributed by atoms with Gasteiger partial charge in [-0.15, -0.1) is 11.8 Å². The Labute approximate surface area is 794 Å². The zero-order chi connectivity index (χ0) is 99.1. The molecule has 20 N–H and O–H groups in total. The number of fused-ring (bicyclic) bond motifs is 5. The fraction of sp³-hybridized carbons (Fsp3) is 0.531. The molecule has 14 atom stereocenters. The van der Waals surface area contributed by atoms with E-state index >= 15 is 47.9 Å². The Kier molecular flexibility index (Phi) is 37.5. The Balaban J connectivity index is 1.03. The first-order valence-corrected chi connectivity index (χ1v) is 47.8. The number of nitrogens with zero attached hydrogens (tertiary/aromatic N) is 5. The average Bonchev–Trinajstić information content (AvgIpc) is 1.61. The molecular weight excluding hydrogens is 1770 g/mol. The molecule has 4 aliphatic rings. The number of phenolic OH excluding ortho intramolecular Hbond substituents is 1. The van der Waals surface area contributed by atoms with Crippen molar-refractivity contribution in [3.05, 3.63) is 137 Å². The molecule has 40 heteroatoms. The van der Waals surface area contributed by atoms with E-state index in [0.717, 1.165) is 26.5 Å². The van der Waals surface area contributed by atoms with Crippen LogP contribution in [0.25, 0.3) is 21.8 Å². The van der Waals surface area contributed by atoms with Gasteiger partial charge in [-0.3, -0.25) is 81.5 Å². The van der Waals surface area contributed by atoms with Gasteiger partial charge in [0, 0.05) is 113 Å². The Morgan fingerprint density at radius 2 is 1.05 bits per heavy atom. The van der Waals surface area contributed by atoms with Gasteiger partial charge >= 0.3 is 0 Å². The van der Waals surface area contributed by atoms with Gasteiger partial charge in [-0.1, -0.05) is 140 Å². The summed E-state index contributed by atoms with van der Waals surface area (Å²) in [6.07, 6.45) is 1.72. The van der Waals surface area contributed by atoms with Crippen molar-refractivity contribution in [2.45, 2.75) is 254 Å². The number of hydrogen-bond donors (Lipinski definition) is 17. The first-order valence-electron chi connectivity index (χ1n) is 46.6. The lowest BCUT2D eigenvalue weighted by Crippen LogP contribution is -2.66. The van der Waals surface area contributed by atoms with Crippen LogP contribution < -0.4 is 70.4 Å². The number of nitrogens with one attached hydrogen (secondary N) is 12. The van der Waals surface area contributed by atoms with E-state index in [0.29, 0.717) is 75.3 Å². The lowest BCUT2D eigenvalue weighted by atomic mass is 9.92. The van der Waals surface area contributed by atoms with Gasteiger partial charge in [-0.2, -0.15) is 0 Å². The molecular formula is C96H132N20O19S. The van der Waals surface area contributed by atoms with Crippen molar-refractivity contribution in [2.75, 3.05) is 58.8 Å². The molecule has 736 valence electrons. The van der Waals surface area contributed by atoms with Crippen molar-refractivity contribution in [3.8, 4) is 5.75 Å². The number of amides is 17. The summed E-state index contributed by atoms with van der Waals surface area (Å²) in [5, 5.41) is 50.8. The Bertz CT molecular complexity index is 5310. The summed E-state index contributed by atoms with van der Waals surface area (Å²) in [4.78, 5) is 265. The number of thioether (sulfide) groups is 1. The van der Waals surface area contributed by atoms with Gasteiger partial charge < -0.3 is 115 Å². The van der Waals surface area contributed by atoms with Gasteiger partial charge in [0.15, 0.2) is 0 Å². The summed E-state index contributed by atoms with van der Waals surface area (Å²) >= 11 is 0.808. The van der Waals surface area contributed by atoms with Gasteiger partial charge in [0.2, 0.25) is 100 Å². The maximum atomic E-state index is 15.9. The summed E-state index contributed by atoms with van der Waals surface area (Å²) < 4.78 is 0. The fourth-order valence-corrected chi connectivity index (χ4v) is 19.0. The monoisotopic (exact) mass is 1900 g/mol. The molecule has 1 aliphatic carbocycles. The normalized spacial score (nSPS) is 24.9. The third-order valence-corrected chi connectivity index (χ3v) is 26.6. The number of benzene rings is 4. The summed E-state index contributed by atoms with van der Waals surface area (Å²) in [5.74, 6) is -16.6. The molecule has 17 amide bonds.